The molecule has 416 valence electrons. The highest BCUT2D eigenvalue weighted by Gasteiger charge is 2.44. The minimum absolute atomic E-state index is 0.0297. The van der Waals surface area contributed by atoms with Crippen LogP contribution in [0.3, 0.4) is 0 Å². The van der Waals surface area contributed by atoms with Crippen molar-refractivity contribution in [3.05, 3.63) is 136 Å². The normalized spacial score (nSPS) is 17.6. The number of carbonyl (C=O) groups is 4. The fourth-order valence-corrected chi connectivity index (χ4v) is 10.7. The van der Waals surface area contributed by atoms with E-state index in [1.807, 2.05) is 98.9 Å². The first kappa shape index (κ1) is 57.4. The zero-order valence-corrected chi connectivity index (χ0v) is 46.2. The van der Waals surface area contributed by atoms with E-state index in [4.69, 9.17) is 14.7 Å². The second kappa shape index (κ2) is 26.7. The molecule has 1 aliphatic heterocycles. The van der Waals surface area contributed by atoms with Crippen LogP contribution in [-0.4, -0.2) is 121 Å². The van der Waals surface area contributed by atoms with Gasteiger partial charge in [-0.15, -0.1) is 11.3 Å². The minimum Gasteiger partial charge on any atom is -0.391 e. The largest absolute Gasteiger partial charge is 0.391 e. The summed E-state index contributed by atoms with van der Waals surface area (Å²) in [7, 11) is 1.72. The minimum atomic E-state index is -0.985. The van der Waals surface area contributed by atoms with E-state index >= 15 is 0 Å². The number of urea groups is 1. The zero-order chi connectivity index (χ0) is 56.1. The molecule has 0 unspecified atom stereocenters. The fraction of sp³-hybridized carbons (Fsp3) is 0.431. The Balaban J connectivity index is 0.752. The fourth-order valence-electron chi connectivity index (χ4n) is 9.89. The van der Waals surface area contributed by atoms with Gasteiger partial charge in [0.1, 0.15) is 30.6 Å². The van der Waals surface area contributed by atoms with E-state index in [2.05, 4.69) is 42.4 Å². The number of ether oxygens (including phenoxy) is 2. The Morgan fingerprint density at radius 3 is 2.27 bits per heavy atom. The van der Waals surface area contributed by atoms with Crippen LogP contribution in [0.5, 0.6) is 0 Å². The highest BCUT2D eigenvalue weighted by atomic mass is 32.1. The number of nitrogens with zero attached hydrogens (tertiary/aromatic N) is 8. The Kier molecular flexibility index (Phi) is 19.4. The molecule has 0 bridgehead atoms. The molecule has 6 aromatic rings. The molecule has 2 fully saturated rings. The number of benzene rings is 2. The highest BCUT2D eigenvalue weighted by molar-refractivity contribution is 7.13. The first-order valence-electron chi connectivity index (χ1n) is 26.7. The Morgan fingerprint density at radius 1 is 0.861 bits per heavy atom. The van der Waals surface area contributed by atoms with Crippen molar-refractivity contribution in [2.45, 2.75) is 116 Å². The zero-order valence-electron chi connectivity index (χ0n) is 45.4. The third-order valence-electron chi connectivity index (χ3n) is 14.2. The van der Waals surface area contributed by atoms with E-state index < -0.39 is 35.4 Å². The first-order valence-corrected chi connectivity index (χ1v) is 27.6. The number of aryl methyl sites for hydroxylation is 3. The molecular weight excluding hydrogens is 1020 g/mol. The van der Waals surface area contributed by atoms with Crippen LogP contribution in [0.15, 0.2) is 108 Å². The number of β-amino-alcohol motifs (C(OH)–C–C–N with tert-alkyl or cyclic N) is 1. The molecule has 21 heteroatoms. The smallest absolute Gasteiger partial charge is 0.322 e. The molecule has 2 aliphatic rings. The van der Waals surface area contributed by atoms with Gasteiger partial charge in [0.25, 0.3) is 0 Å². The maximum atomic E-state index is 14.2. The number of likely N-dealkylation sites (tertiary alicyclic amines) is 1. The van der Waals surface area contributed by atoms with Gasteiger partial charge in [-0.2, -0.15) is 10.4 Å². The monoisotopic (exact) mass is 1090 g/mol. The summed E-state index contributed by atoms with van der Waals surface area (Å²) in [6, 6.07) is 22.6. The number of aliphatic hydroxyl groups excluding tert-OH is 1. The number of hydrogen-bond donors (Lipinski definition) is 5. The van der Waals surface area contributed by atoms with Crippen molar-refractivity contribution in [3.8, 4) is 27.6 Å². The Labute approximate surface area is 464 Å². The van der Waals surface area contributed by atoms with Crippen molar-refractivity contribution >= 4 is 46.6 Å². The Bertz CT molecular complexity index is 3120. The maximum Gasteiger partial charge on any atom is 0.322 e. The Morgan fingerprint density at radius 2 is 1.58 bits per heavy atom. The summed E-state index contributed by atoms with van der Waals surface area (Å²) >= 11 is 1.57. The van der Waals surface area contributed by atoms with Crippen LogP contribution in [0.25, 0.3) is 21.6 Å². The molecule has 1 saturated heterocycles. The van der Waals surface area contributed by atoms with Crippen molar-refractivity contribution in [1.29, 1.82) is 5.26 Å². The van der Waals surface area contributed by atoms with Crippen LogP contribution < -0.4 is 31.7 Å². The molecule has 1 aliphatic carbocycles. The molecule has 2 aromatic carbocycles. The molecule has 0 radical (unpaired) electrons. The summed E-state index contributed by atoms with van der Waals surface area (Å²) in [4.78, 5) is 79.8. The number of pyridine rings is 2. The molecule has 5 heterocycles. The quantitative estimate of drug-likeness (QED) is 0.0468. The number of nitrogens with one attached hydrogen (secondary N) is 4. The van der Waals surface area contributed by atoms with Gasteiger partial charge < -0.3 is 45.3 Å². The summed E-state index contributed by atoms with van der Waals surface area (Å²) in [5.74, 6) is -0.617. The SMILES string of the molecule is Cc1ncsc1-c1ccc(CNC(=O)[C@@H]2C[C@@H](O)CN2C(=O)[C@@H](NC(=O)COCCOCCCn2cc(CNC(=O)N(c3ccc(-c4ccc(=O)n(C)c4)cc3)C3CCC(Nc4ccc(C#N)cn4)CC3)cn2)C(C)(C)C)cc1. The summed E-state index contributed by atoms with van der Waals surface area (Å²) in [5, 5.41) is 36.6. The standard InChI is InChI=1S/C58H70N12O8S/c1-38-53(79-37-63-38)43-10-7-39(8-11-43)29-61-55(74)49-27-48(71)35-69(49)56(75)54(58(2,3)4)66-51(72)36-78-26-25-77-24-6-23-68-33-41(32-64-68)31-62-57(76)70(46-17-12-42(13-18-46)44-14-22-52(73)67(5)34-44)47-19-15-45(16-20-47)65-50-21-9-40(28-59)30-60-50/h7-14,17-18,21-22,30,32-34,37,45,47-49,54,71H,6,15-16,19-20,23-27,29,31,35-36H2,1-5H3,(H,60,65)(H,61,74)(H,62,76)(H,66,72)/t45?,47?,48-,49+,54-/m1/s1. The molecule has 5 N–H and O–H groups in total. The molecule has 0 spiro atoms. The topological polar surface area (TPSA) is 251 Å². The summed E-state index contributed by atoms with van der Waals surface area (Å²) in [6.07, 6.45) is 9.98. The summed E-state index contributed by atoms with van der Waals surface area (Å²) < 4.78 is 14.7. The van der Waals surface area contributed by atoms with Gasteiger partial charge in [0.15, 0.2) is 0 Å². The lowest BCUT2D eigenvalue weighted by Crippen LogP contribution is -2.58. The predicted molar refractivity (Wildman–Crippen MR) is 301 cm³/mol. The van der Waals surface area contributed by atoms with Crippen molar-refractivity contribution in [1.82, 2.24) is 45.2 Å². The second-order valence-corrected chi connectivity index (χ2v) is 22.1. The molecule has 20 nitrogen and oxygen atoms in total. The van der Waals surface area contributed by atoms with E-state index in [0.29, 0.717) is 31.0 Å². The van der Waals surface area contributed by atoms with Crippen molar-refractivity contribution < 1.29 is 33.8 Å². The van der Waals surface area contributed by atoms with Gasteiger partial charge in [0, 0.05) is 94.2 Å². The number of anilines is 2. The Hall–Kier alpha value is -7.77. The van der Waals surface area contributed by atoms with Crippen LogP contribution in [0, 0.1) is 23.7 Å². The van der Waals surface area contributed by atoms with Crippen molar-refractivity contribution in [2.24, 2.45) is 12.5 Å². The second-order valence-electron chi connectivity index (χ2n) is 21.2. The summed E-state index contributed by atoms with van der Waals surface area (Å²) in [6.45, 7) is 8.99. The average molecular weight is 1100 g/mol. The van der Waals surface area contributed by atoms with Gasteiger partial charge in [-0.25, -0.2) is 14.8 Å². The van der Waals surface area contributed by atoms with Gasteiger partial charge in [0.2, 0.25) is 23.3 Å². The van der Waals surface area contributed by atoms with Gasteiger partial charge in [-0.3, -0.25) is 28.8 Å². The first-order chi connectivity index (χ1) is 38.0. The van der Waals surface area contributed by atoms with Crippen LogP contribution in [0.2, 0.25) is 0 Å². The molecule has 1 saturated carbocycles. The summed E-state index contributed by atoms with van der Waals surface area (Å²) in [5.41, 5.74) is 7.79. The molecular formula is C58H70N12O8S. The molecule has 5 amide bonds. The number of thiazole rings is 1. The van der Waals surface area contributed by atoms with Gasteiger partial charge >= 0.3 is 6.03 Å². The van der Waals surface area contributed by atoms with Crippen molar-refractivity contribution in [2.75, 3.05) is 43.2 Å². The number of rotatable bonds is 22. The van der Waals surface area contributed by atoms with E-state index in [-0.39, 0.29) is 75.5 Å². The van der Waals surface area contributed by atoms with Crippen LogP contribution in [0.1, 0.15) is 81.7 Å². The van der Waals surface area contributed by atoms with E-state index in [9.17, 15) is 29.1 Å². The predicted octanol–water partition coefficient (Wildman–Crippen LogP) is 6.32. The van der Waals surface area contributed by atoms with Gasteiger partial charge in [-0.1, -0.05) is 57.2 Å². The van der Waals surface area contributed by atoms with Crippen molar-refractivity contribution in [3.63, 3.8) is 0 Å². The van der Waals surface area contributed by atoms with Gasteiger partial charge in [-0.05, 0) is 97.0 Å². The number of nitriles is 1. The third kappa shape index (κ3) is 15.5. The molecule has 79 heavy (non-hydrogen) atoms. The van der Waals surface area contributed by atoms with Crippen LogP contribution >= 0.6 is 11.3 Å². The van der Waals surface area contributed by atoms with E-state index in [1.54, 1.807) is 53.8 Å². The molecule has 3 atom stereocenters. The number of amides is 5. The number of carbonyl (C=O) groups excluding carboxylic acids is 4. The maximum absolute atomic E-state index is 14.2. The number of aromatic nitrogens is 5. The average Bonchev–Trinajstić information content (AvgIpc) is 4.29. The van der Waals surface area contributed by atoms with Crippen LogP contribution in [0.4, 0.5) is 16.3 Å². The lowest BCUT2D eigenvalue weighted by molar-refractivity contribution is -0.144. The molecule has 4 aromatic heterocycles. The lowest BCUT2D eigenvalue weighted by atomic mass is 9.85. The van der Waals surface area contributed by atoms with Gasteiger partial charge in [0.05, 0.1) is 47.2 Å². The van der Waals surface area contributed by atoms with Crippen LogP contribution in [-0.2, 0) is 50.5 Å². The molecule has 8 rings (SSSR count). The number of aliphatic hydroxyl groups is 1. The van der Waals surface area contributed by atoms with E-state index in [1.165, 1.54) is 15.5 Å². The van der Waals surface area contributed by atoms with E-state index in [0.717, 1.165) is 69.8 Å². The number of hydrogen-bond acceptors (Lipinski definition) is 14. The lowest BCUT2D eigenvalue weighted by Gasteiger charge is -2.37. The highest BCUT2D eigenvalue weighted by Crippen LogP contribution is 2.32. The third-order valence-corrected chi connectivity index (χ3v) is 15.2.